The van der Waals surface area contributed by atoms with Crippen molar-refractivity contribution in [3.05, 3.63) is 64.1 Å². The normalized spacial score (nSPS) is 18.3. The number of likely N-dealkylation sites (tertiary alicyclic amines) is 1. The molecule has 0 bridgehead atoms. The number of aromatic nitrogens is 2. The third kappa shape index (κ3) is 5.53. The number of nitrogens with one attached hydrogen (secondary N) is 2. The highest BCUT2D eigenvalue weighted by Gasteiger charge is 2.49. The lowest BCUT2D eigenvalue weighted by molar-refractivity contribution is -0.00599. The van der Waals surface area contributed by atoms with Crippen molar-refractivity contribution in [2.24, 2.45) is 0 Å². The molecule has 3 aliphatic rings. The lowest BCUT2D eigenvalue weighted by Crippen LogP contribution is -2.45. The lowest BCUT2D eigenvalue weighted by atomic mass is 9.82. The van der Waals surface area contributed by atoms with Crippen LogP contribution in [0.15, 0.2) is 36.5 Å². The molecule has 0 aliphatic carbocycles. The van der Waals surface area contributed by atoms with Crippen LogP contribution in [0.3, 0.4) is 0 Å². The molecule has 0 atom stereocenters. The van der Waals surface area contributed by atoms with Crippen LogP contribution in [0.2, 0.25) is 5.02 Å². The third-order valence-corrected chi connectivity index (χ3v) is 9.02. The van der Waals surface area contributed by atoms with Crippen molar-refractivity contribution in [3.63, 3.8) is 0 Å². The van der Waals surface area contributed by atoms with Crippen molar-refractivity contribution < 1.29 is 28.2 Å². The number of fused-ring (bicyclic) bond motifs is 2. The van der Waals surface area contributed by atoms with E-state index in [-0.39, 0.29) is 45.8 Å². The van der Waals surface area contributed by atoms with E-state index < -0.39 is 17.3 Å². The summed E-state index contributed by atoms with van der Waals surface area (Å²) in [6.45, 7) is 2.84. The maximum Gasteiger partial charge on any atom is 0.258 e. The van der Waals surface area contributed by atoms with Gasteiger partial charge in [0.1, 0.15) is 22.3 Å². The monoisotopic (exact) mass is 624 g/mol. The van der Waals surface area contributed by atoms with Gasteiger partial charge in [-0.15, -0.1) is 0 Å². The minimum Gasteiger partial charge on any atom is -0.495 e. The van der Waals surface area contributed by atoms with Gasteiger partial charge in [-0.1, -0.05) is 23.7 Å². The highest BCUT2D eigenvalue weighted by atomic mass is 35.5. The van der Waals surface area contributed by atoms with Crippen molar-refractivity contribution in [2.75, 3.05) is 52.8 Å². The van der Waals surface area contributed by atoms with Crippen LogP contribution in [-0.4, -0.2) is 85.1 Å². The molecule has 0 unspecified atom stereocenters. The van der Waals surface area contributed by atoms with E-state index in [0.29, 0.717) is 37.4 Å². The molecule has 4 heterocycles. The second-order valence-corrected chi connectivity index (χ2v) is 11.8. The molecule has 11 nitrogen and oxygen atoms in total. The Labute approximate surface area is 259 Å². The van der Waals surface area contributed by atoms with E-state index in [1.54, 1.807) is 18.0 Å². The summed E-state index contributed by atoms with van der Waals surface area (Å²) in [7, 11) is 5.25. The highest BCUT2D eigenvalue weighted by Crippen LogP contribution is 2.48. The number of hydrogen-bond acceptors (Lipinski definition) is 9. The first kappa shape index (κ1) is 30.0. The predicted molar refractivity (Wildman–Crippen MR) is 162 cm³/mol. The number of hydrogen-bond donors (Lipinski definition) is 2. The van der Waals surface area contributed by atoms with Crippen LogP contribution >= 0.6 is 11.6 Å². The summed E-state index contributed by atoms with van der Waals surface area (Å²) in [5.41, 5.74) is 0.965. The number of amides is 2. The number of carbonyl (C=O) groups excluding carboxylic acids is 2. The number of nitrogens with zero attached hydrogens (tertiary/aromatic N) is 4. The smallest absolute Gasteiger partial charge is 0.258 e. The molecule has 2 aromatic carbocycles. The Morgan fingerprint density at radius 3 is 2.64 bits per heavy atom. The van der Waals surface area contributed by atoms with Crippen molar-refractivity contribution in [3.8, 4) is 17.4 Å². The molecule has 2 amide bonds. The Morgan fingerprint density at radius 1 is 1.16 bits per heavy atom. The molecular formula is C31H34ClFN6O5. The first-order chi connectivity index (χ1) is 21.2. The van der Waals surface area contributed by atoms with Crippen molar-refractivity contribution in [1.82, 2.24) is 25.1 Å². The summed E-state index contributed by atoms with van der Waals surface area (Å²) >= 11 is 6.41. The van der Waals surface area contributed by atoms with Crippen LogP contribution in [0.5, 0.6) is 17.4 Å². The number of carbonyl (C=O) groups is 2. The maximum absolute atomic E-state index is 15.2. The van der Waals surface area contributed by atoms with E-state index in [1.165, 1.54) is 19.4 Å². The third-order valence-electron chi connectivity index (χ3n) is 8.76. The molecule has 3 aromatic rings. The van der Waals surface area contributed by atoms with Gasteiger partial charge in [-0.25, -0.2) is 9.37 Å². The molecule has 3 aliphatic heterocycles. The quantitative estimate of drug-likeness (QED) is 0.385. The van der Waals surface area contributed by atoms with Crippen LogP contribution in [0.25, 0.3) is 0 Å². The van der Waals surface area contributed by atoms with Gasteiger partial charge in [0.2, 0.25) is 11.8 Å². The number of benzene rings is 2. The molecule has 2 N–H and O–H groups in total. The maximum atomic E-state index is 15.2. The van der Waals surface area contributed by atoms with Gasteiger partial charge in [0.05, 0.1) is 35.7 Å². The van der Waals surface area contributed by atoms with Gasteiger partial charge in [-0.05, 0) is 63.5 Å². The average molecular weight is 625 g/mol. The highest BCUT2D eigenvalue weighted by molar-refractivity contribution is 6.31. The zero-order valence-corrected chi connectivity index (χ0v) is 25.5. The minimum absolute atomic E-state index is 0.00881. The van der Waals surface area contributed by atoms with Crippen LogP contribution < -0.4 is 20.1 Å². The van der Waals surface area contributed by atoms with Crippen LogP contribution in [0.1, 0.15) is 52.0 Å². The molecule has 2 saturated heterocycles. The average Bonchev–Trinajstić information content (AvgIpc) is 3.22. The van der Waals surface area contributed by atoms with E-state index in [1.807, 2.05) is 19.2 Å². The Balaban J connectivity index is 1.23. The molecule has 0 saturated carbocycles. The molecule has 1 spiro atoms. The number of halogens is 2. The minimum atomic E-state index is -0.728. The van der Waals surface area contributed by atoms with Gasteiger partial charge in [-0.2, -0.15) is 4.98 Å². The van der Waals surface area contributed by atoms with Gasteiger partial charge >= 0.3 is 0 Å². The summed E-state index contributed by atoms with van der Waals surface area (Å²) in [5, 5.41) is 5.98. The van der Waals surface area contributed by atoms with Crippen LogP contribution in [0.4, 0.5) is 16.0 Å². The first-order valence-corrected chi connectivity index (χ1v) is 14.9. The molecule has 0 radical (unpaired) electrons. The number of ether oxygens (including phenoxy) is 3. The largest absolute Gasteiger partial charge is 0.495 e. The number of rotatable bonds is 7. The predicted octanol–water partition coefficient (Wildman–Crippen LogP) is 4.73. The summed E-state index contributed by atoms with van der Waals surface area (Å²) < 4.78 is 32.4. The summed E-state index contributed by atoms with van der Waals surface area (Å²) in [4.78, 5) is 38.9. The van der Waals surface area contributed by atoms with Gasteiger partial charge < -0.3 is 34.6 Å². The zero-order chi connectivity index (χ0) is 31.0. The lowest BCUT2D eigenvalue weighted by Gasteiger charge is -2.40. The molecule has 232 valence electrons. The number of piperidine rings is 1. The molecule has 13 heteroatoms. The second kappa shape index (κ2) is 12.2. The van der Waals surface area contributed by atoms with E-state index >= 15 is 4.39 Å². The van der Waals surface area contributed by atoms with Crippen LogP contribution in [-0.2, 0) is 10.3 Å². The van der Waals surface area contributed by atoms with Crippen molar-refractivity contribution in [1.29, 1.82) is 0 Å². The zero-order valence-electron chi connectivity index (χ0n) is 24.8. The van der Waals surface area contributed by atoms with Gasteiger partial charge in [0, 0.05) is 32.4 Å². The molecular weight excluding hydrogens is 591 g/mol. The summed E-state index contributed by atoms with van der Waals surface area (Å²) in [6.07, 6.45) is 4.31. The van der Waals surface area contributed by atoms with Crippen molar-refractivity contribution in [2.45, 2.75) is 37.3 Å². The fraction of sp³-hybridized carbons (Fsp3) is 0.419. The number of methoxy groups -OCH3 is 1. The Morgan fingerprint density at radius 2 is 1.91 bits per heavy atom. The fourth-order valence-electron chi connectivity index (χ4n) is 6.20. The Kier molecular flexibility index (Phi) is 8.32. The van der Waals surface area contributed by atoms with Crippen molar-refractivity contribution >= 4 is 35.1 Å². The standard InChI is InChI=1S/C31H34ClFN6O5/c1-38-11-7-18(8-12-38)35-27(40)19-15-25(42-3)23(16-22(19)33)36-30-34-17-21(32)28(37-30)44-24-6-4-5-20-26(24)29(41)39(2)31(20)9-13-43-14-10-31/h4-6,15-18H,7-14H2,1-3H3,(H,35,40)(H,34,36,37). The summed E-state index contributed by atoms with van der Waals surface area (Å²) in [6, 6.07) is 7.96. The molecule has 2 fully saturated rings. The molecule has 1 aromatic heterocycles. The van der Waals surface area contributed by atoms with E-state index in [9.17, 15) is 9.59 Å². The first-order valence-electron chi connectivity index (χ1n) is 14.5. The van der Waals surface area contributed by atoms with Gasteiger partial charge in [-0.3, -0.25) is 9.59 Å². The van der Waals surface area contributed by atoms with Gasteiger partial charge in [0.25, 0.3) is 11.8 Å². The molecule has 6 rings (SSSR count). The SMILES string of the molecule is COc1cc(C(=O)NC2CCN(C)CC2)c(F)cc1Nc1ncc(Cl)c(Oc2cccc3c2C(=O)N(C)C32CCOCC2)n1. The van der Waals surface area contributed by atoms with Crippen LogP contribution in [0, 0.1) is 5.82 Å². The Hall–Kier alpha value is -4.00. The number of anilines is 2. The van der Waals surface area contributed by atoms with Gasteiger partial charge in [0.15, 0.2) is 0 Å². The Bertz CT molecular complexity index is 1590. The summed E-state index contributed by atoms with van der Waals surface area (Å²) in [5.74, 6) is -0.791. The second-order valence-electron chi connectivity index (χ2n) is 11.3. The van der Waals surface area contributed by atoms with E-state index in [4.69, 9.17) is 25.8 Å². The topological polar surface area (TPSA) is 118 Å². The molecule has 44 heavy (non-hydrogen) atoms. The van der Waals surface area contributed by atoms with E-state index in [2.05, 4.69) is 25.5 Å². The van der Waals surface area contributed by atoms with E-state index in [0.717, 1.165) is 37.6 Å². The fourth-order valence-corrected chi connectivity index (χ4v) is 6.33.